The van der Waals surface area contributed by atoms with Gasteiger partial charge in [-0.1, -0.05) is 35.9 Å². The second kappa shape index (κ2) is 6.78. The first-order valence-electron chi connectivity index (χ1n) is 6.81. The van der Waals surface area contributed by atoms with Crippen LogP contribution in [0.5, 0.6) is 5.75 Å². The summed E-state index contributed by atoms with van der Waals surface area (Å²) in [6.45, 7) is 4.03. The first-order valence-corrected chi connectivity index (χ1v) is 7.19. The molecule has 0 saturated heterocycles. The van der Waals surface area contributed by atoms with Gasteiger partial charge in [0, 0.05) is 11.1 Å². The van der Waals surface area contributed by atoms with Crippen LogP contribution < -0.4 is 10.5 Å². The molecule has 2 nitrogen and oxygen atoms in total. The van der Waals surface area contributed by atoms with E-state index in [0.29, 0.717) is 0 Å². The van der Waals surface area contributed by atoms with E-state index in [2.05, 4.69) is 0 Å². The first kappa shape index (κ1) is 14.9. The highest BCUT2D eigenvalue weighted by Crippen LogP contribution is 2.22. The van der Waals surface area contributed by atoms with Crippen LogP contribution in [0.4, 0.5) is 0 Å². The van der Waals surface area contributed by atoms with Gasteiger partial charge in [0.05, 0.1) is 6.10 Å². The zero-order valence-corrected chi connectivity index (χ0v) is 12.6. The predicted octanol–water partition coefficient (Wildman–Crippen LogP) is 4.37. The van der Waals surface area contributed by atoms with Crippen molar-refractivity contribution in [3.05, 3.63) is 64.7 Å². The minimum absolute atomic E-state index is 0.0492. The molecule has 1 atom stereocenters. The van der Waals surface area contributed by atoms with Gasteiger partial charge in [0.1, 0.15) is 5.75 Å². The molecule has 0 bridgehead atoms. The lowest BCUT2D eigenvalue weighted by atomic mass is 9.99. The van der Waals surface area contributed by atoms with Crippen molar-refractivity contribution in [2.45, 2.75) is 32.4 Å². The van der Waals surface area contributed by atoms with E-state index < -0.39 is 0 Å². The van der Waals surface area contributed by atoms with Crippen molar-refractivity contribution in [1.82, 2.24) is 0 Å². The molecule has 0 aliphatic carbocycles. The first-order chi connectivity index (χ1) is 9.54. The van der Waals surface area contributed by atoms with Crippen LogP contribution >= 0.6 is 11.6 Å². The number of nitrogens with two attached hydrogens (primary N) is 1. The third-order valence-electron chi connectivity index (χ3n) is 3.03. The topological polar surface area (TPSA) is 35.2 Å². The number of benzene rings is 2. The minimum atomic E-state index is -0.0492. The Morgan fingerprint density at radius 1 is 1.10 bits per heavy atom. The zero-order valence-electron chi connectivity index (χ0n) is 11.8. The molecule has 1 unspecified atom stereocenters. The second-order valence-electron chi connectivity index (χ2n) is 5.18. The standard InChI is InChI=1S/C17H20ClNO/c1-12(2)20-16-5-3-4-14(11-16)17(19)10-13-6-8-15(18)9-7-13/h3-9,11-12,17H,10,19H2,1-2H3. The third kappa shape index (κ3) is 4.26. The van der Waals surface area contributed by atoms with Crippen molar-refractivity contribution >= 4 is 11.6 Å². The maximum absolute atomic E-state index is 6.28. The van der Waals surface area contributed by atoms with Gasteiger partial charge in [-0.2, -0.15) is 0 Å². The average Bonchev–Trinajstić information content (AvgIpc) is 2.41. The van der Waals surface area contributed by atoms with Gasteiger partial charge in [-0.15, -0.1) is 0 Å². The van der Waals surface area contributed by atoms with Crippen LogP contribution in [-0.4, -0.2) is 6.10 Å². The van der Waals surface area contributed by atoms with Crippen molar-refractivity contribution < 1.29 is 4.74 Å². The molecule has 0 heterocycles. The highest BCUT2D eigenvalue weighted by molar-refractivity contribution is 6.30. The Balaban J connectivity index is 2.08. The van der Waals surface area contributed by atoms with Gasteiger partial charge in [-0.25, -0.2) is 0 Å². The third-order valence-corrected chi connectivity index (χ3v) is 3.28. The summed E-state index contributed by atoms with van der Waals surface area (Å²) in [7, 11) is 0. The van der Waals surface area contributed by atoms with Crippen molar-refractivity contribution in [2.24, 2.45) is 5.73 Å². The number of rotatable bonds is 5. The Bertz CT molecular complexity index is 551. The maximum atomic E-state index is 6.28. The smallest absolute Gasteiger partial charge is 0.120 e. The molecule has 2 rings (SSSR count). The normalized spacial score (nSPS) is 12.4. The molecule has 0 amide bonds. The van der Waals surface area contributed by atoms with Gasteiger partial charge < -0.3 is 10.5 Å². The number of hydrogen-bond donors (Lipinski definition) is 1. The summed E-state index contributed by atoms with van der Waals surface area (Å²) in [5.41, 5.74) is 8.54. The summed E-state index contributed by atoms with van der Waals surface area (Å²) < 4.78 is 5.70. The van der Waals surface area contributed by atoms with E-state index in [1.54, 1.807) is 0 Å². The molecule has 2 aromatic rings. The second-order valence-corrected chi connectivity index (χ2v) is 5.61. The highest BCUT2D eigenvalue weighted by atomic mass is 35.5. The summed E-state index contributed by atoms with van der Waals surface area (Å²) in [6.07, 6.45) is 0.945. The van der Waals surface area contributed by atoms with Gasteiger partial charge in [-0.3, -0.25) is 0 Å². The molecular formula is C17H20ClNO. The number of hydrogen-bond acceptors (Lipinski definition) is 2. The molecule has 0 aliphatic rings. The fourth-order valence-corrected chi connectivity index (χ4v) is 2.21. The summed E-state index contributed by atoms with van der Waals surface area (Å²) in [5.74, 6) is 0.865. The quantitative estimate of drug-likeness (QED) is 0.887. The van der Waals surface area contributed by atoms with E-state index in [9.17, 15) is 0 Å². The Kier molecular flexibility index (Phi) is 5.05. The molecule has 0 aliphatic heterocycles. The SMILES string of the molecule is CC(C)Oc1cccc(C(N)Cc2ccc(Cl)cc2)c1. The van der Waals surface area contributed by atoms with Crippen LogP contribution in [0.25, 0.3) is 0 Å². The molecule has 106 valence electrons. The van der Waals surface area contributed by atoms with E-state index in [1.807, 2.05) is 62.4 Å². The molecular weight excluding hydrogens is 270 g/mol. The van der Waals surface area contributed by atoms with Gasteiger partial charge in [0.15, 0.2) is 0 Å². The lowest BCUT2D eigenvalue weighted by Gasteiger charge is -2.15. The lowest BCUT2D eigenvalue weighted by Crippen LogP contribution is -2.14. The van der Waals surface area contributed by atoms with Gasteiger partial charge in [0.2, 0.25) is 0 Å². The van der Waals surface area contributed by atoms with Gasteiger partial charge in [-0.05, 0) is 55.7 Å². The predicted molar refractivity (Wildman–Crippen MR) is 84.3 cm³/mol. The fourth-order valence-electron chi connectivity index (χ4n) is 2.08. The van der Waals surface area contributed by atoms with Crippen LogP contribution in [0, 0.1) is 0 Å². The van der Waals surface area contributed by atoms with Crippen LogP contribution in [0.2, 0.25) is 5.02 Å². The zero-order chi connectivity index (χ0) is 14.5. The Labute approximate surface area is 125 Å². The summed E-state index contributed by atoms with van der Waals surface area (Å²) in [5, 5.41) is 0.745. The molecule has 20 heavy (non-hydrogen) atoms. The van der Waals surface area contributed by atoms with Gasteiger partial charge >= 0.3 is 0 Å². The molecule has 2 aromatic carbocycles. The van der Waals surface area contributed by atoms with E-state index >= 15 is 0 Å². The van der Waals surface area contributed by atoms with Crippen molar-refractivity contribution in [2.75, 3.05) is 0 Å². The van der Waals surface area contributed by atoms with Crippen LogP contribution in [0.15, 0.2) is 48.5 Å². The summed E-state index contributed by atoms with van der Waals surface area (Å²) >= 11 is 5.89. The average molecular weight is 290 g/mol. The molecule has 0 spiro atoms. The fraction of sp³-hybridized carbons (Fsp3) is 0.294. The number of halogens is 1. The van der Waals surface area contributed by atoms with Crippen LogP contribution in [-0.2, 0) is 6.42 Å². The molecule has 0 saturated carbocycles. The lowest BCUT2D eigenvalue weighted by molar-refractivity contribution is 0.242. The van der Waals surface area contributed by atoms with E-state index in [-0.39, 0.29) is 12.1 Å². The van der Waals surface area contributed by atoms with Crippen molar-refractivity contribution in [3.8, 4) is 5.75 Å². The number of ether oxygens (including phenoxy) is 1. The van der Waals surface area contributed by atoms with Crippen LogP contribution in [0.3, 0.4) is 0 Å². The molecule has 0 fully saturated rings. The Morgan fingerprint density at radius 2 is 1.80 bits per heavy atom. The Hall–Kier alpha value is -1.51. The summed E-state index contributed by atoms with van der Waals surface area (Å²) in [4.78, 5) is 0. The molecule has 0 aromatic heterocycles. The molecule has 2 N–H and O–H groups in total. The molecule has 3 heteroatoms. The van der Waals surface area contributed by atoms with E-state index in [4.69, 9.17) is 22.1 Å². The van der Waals surface area contributed by atoms with E-state index in [1.165, 1.54) is 5.56 Å². The van der Waals surface area contributed by atoms with Gasteiger partial charge in [0.25, 0.3) is 0 Å². The van der Waals surface area contributed by atoms with Crippen molar-refractivity contribution in [1.29, 1.82) is 0 Å². The van der Waals surface area contributed by atoms with E-state index in [0.717, 1.165) is 22.8 Å². The monoisotopic (exact) mass is 289 g/mol. The Morgan fingerprint density at radius 3 is 2.45 bits per heavy atom. The van der Waals surface area contributed by atoms with Crippen molar-refractivity contribution in [3.63, 3.8) is 0 Å². The maximum Gasteiger partial charge on any atom is 0.120 e. The highest BCUT2D eigenvalue weighted by Gasteiger charge is 2.09. The van der Waals surface area contributed by atoms with Crippen LogP contribution in [0.1, 0.15) is 31.0 Å². The largest absolute Gasteiger partial charge is 0.491 e. The molecule has 0 radical (unpaired) electrons. The summed E-state index contributed by atoms with van der Waals surface area (Å²) in [6, 6.07) is 15.7. The minimum Gasteiger partial charge on any atom is -0.491 e.